The number of rotatable bonds is 4. The summed E-state index contributed by atoms with van der Waals surface area (Å²) in [6, 6.07) is 3.76. The number of anilines is 1. The second kappa shape index (κ2) is 7.41. The van der Waals surface area contributed by atoms with Crippen molar-refractivity contribution in [2.24, 2.45) is 7.05 Å². The second-order valence-corrected chi connectivity index (χ2v) is 8.05. The summed E-state index contributed by atoms with van der Waals surface area (Å²) in [7, 11) is 1.86. The van der Waals surface area contributed by atoms with Crippen LogP contribution in [-0.2, 0) is 13.5 Å². The first-order chi connectivity index (χ1) is 14.5. The van der Waals surface area contributed by atoms with Crippen LogP contribution in [0.15, 0.2) is 18.3 Å². The van der Waals surface area contributed by atoms with Gasteiger partial charge in [0, 0.05) is 43.7 Å². The number of likely N-dealkylation sites (N-methyl/N-ethyl adjacent to an activating group) is 1. The molecule has 2 aromatic heterocycles. The lowest BCUT2D eigenvalue weighted by Gasteiger charge is -2.35. The Balaban J connectivity index is 1.54. The maximum Gasteiger partial charge on any atom is 0.160 e. The normalized spacial score (nSPS) is 21.6. The molecule has 0 radical (unpaired) electrons. The van der Waals surface area contributed by atoms with Crippen LogP contribution in [-0.4, -0.2) is 73.5 Å². The molecule has 3 N–H and O–H groups in total. The molecule has 2 aliphatic rings. The number of likely N-dealkylation sites (tertiary alicyclic amines) is 1. The van der Waals surface area contributed by atoms with Crippen molar-refractivity contribution in [2.75, 3.05) is 31.6 Å². The predicted molar refractivity (Wildman–Crippen MR) is 113 cm³/mol. The second-order valence-electron chi connectivity index (χ2n) is 8.05. The molecule has 30 heavy (non-hydrogen) atoms. The molecule has 0 saturated carbocycles. The van der Waals surface area contributed by atoms with E-state index in [4.69, 9.17) is 4.74 Å². The monoisotopic (exact) mass is 410 g/mol. The third-order valence-electron chi connectivity index (χ3n) is 6.06. The summed E-state index contributed by atoms with van der Waals surface area (Å²) in [4.78, 5) is 2.22. The zero-order chi connectivity index (χ0) is 20.8. The quantitative estimate of drug-likeness (QED) is 0.594. The van der Waals surface area contributed by atoms with Gasteiger partial charge in [0.25, 0.3) is 0 Å². The number of benzene rings is 1. The Hall–Kier alpha value is -2.91. The van der Waals surface area contributed by atoms with E-state index in [1.807, 2.05) is 19.2 Å². The van der Waals surface area contributed by atoms with E-state index in [9.17, 15) is 10.2 Å². The number of aryl methyl sites for hydroxylation is 1. The number of aromatic nitrogens is 4. The maximum absolute atomic E-state index is 10.8. The highest BCUT2D eigenvalue weighted by atomic mass is 16.5. The van der Waals surface area contributed by atoms with Crippen LogP contribution in [0.5, 0.6) is 11.5 Å². The van der Waals surface area contributed by atoms with Crippen LogP contribution in [0.1, 0.15) is 18.9 Å². The minimum Gasteiger partial charge on any atom is -0.507 e. The first-order valence-electron chi connectivity index (χ1n) is 10.4. The smallest absolute Gasteiger partial charge is 0.160 e. The zero-order valence-electron chi connectivity index (χ0n) is 17.2. The molecule has 1 saturated heterocycles. The van der Waals surface area contributed by atoms with Gasteiger partial charge in [-0.1, -0.05) is 6.92 Å². The van der Waals surface area contributed by atoms with Crippen molar-refractivity contribution in [1.29, 1.82) is 0 Å². The minimum atomic E-state index is -0.363. The highest BCUT2D eigenvalue weighted by Crippen LogP contribution is 2.42. The van der Waals surface area contributed by atoms with Gasteiger partial charge in [0.1, 0.15) is 17.2 Å². The number of piperidine rings is 1. The highest BCUT2D eigenvalue weighted by Gasteiger charge is 2.27. The molecule has 9 nitrogen and oxygen atoms in total. The SMILES string of the molecule is CCN1CC(O)CC(Nc2nnc(-c3ccc4c(c3O)CCO4)c3c2cnn3C)C1. The minimum absolute atomic E-state index is 0.0720. The van der Waals surface area contributed by atoms with E-state index in [0.29, 0.717) is 43.1 Å². The molecule has 3 aromatic rings. The van der Waals surface area contributed by atoms with Gasteiger partial charge in [0.05, 0.1) is 29.8 Å². The number of nitrogens with one attached hydrogen (secondary N) is 1. The summed E-state index contributed by atoms with van der Waals surface area (Å²) in [5.41, 5.74) is 2.81. The molecule has 2 unspecified atom stereocenters. The van der Waals surface area contributed by atoms with E-state index in [-0.39, 0.29) is 17.9 Å². The van der Waals surface area contributed by atoms with Crippen LogP contribution in [0, 0.1) is 0 Å². The molecule has 1 fully saturated rings. The van der Waals surface area contributed by atoms with Crippen molar-refractivity contribution >= 4 is 16.7 Å². The van der Waals surface area contributed by atoms with Gasteiger partial charge in [-0.05, 0) is 25.1 Å². The Bertz CT molecular complexity index is 1100. The van der Waals surface area contributed by atoms with Crippen molar-refractivity contribution in [3.8, 4) is 22.8 Å². The van der Waals surface area contributed by atoms with E-state index in [1.54, 1.807) is 10.9 Å². The first-order valence-corrected chi connectivity index (χ1v) is 10.4. The lowest BCUT2D eigenvalue weighted by atomic mass is 10.0. The number of ether oxygens (including phenoxy) is 1. The van der Waals surface area contributed by atoms with Crippen LogP contribution in [0.4, 0.5) is 5.82 Å². The molecule has 1 aromatic carbocycles. The van der Waals surface area contributed by atoms with Crippen LogP contribution in [0.3, 0.4) is 0 Å². The number of fused-ring (bicyclic) bond motifs is 2. The van der Waals surface area contributed by atoms with Crippen molar-refractivity contribution in [1.82, 2.24) is 24.9 Å². The molecule has 5 rings (SSSR count). The number of aromatic hydroxyl groups is 1. The summed E-state index contributed by atoms with van der Waals surface area (Å²) in [6.07, 6.45) is 2.74. The standard InChI is InChI=1S/C21H26N6O3/c1-3-27-10-12(8-13(28)11-27)23-21-16-9-22-26(2)19(16)18(24-25-21)15-4-5-17-14(20(15)29)6-7-30-17/h4-5,9,12-13,28-29H,3,6-8,10-11H2,1-2H3,(H,23,25). The fourth-order valence-corrected chi connectivity index (χ4v) is 4.55. The highest BCUT2D eigenvalue weighted by molar-refractivity contribution is 5.98. The molecule has 4 heterocycles. The van der Waals surface area contributed by atoms with Gasteiger partial charge in [-0.2, -0.15) is 5.10 Å². The number of aliphatic hydroxyl groups excluding tert-OH is 1. The molecule has 158 valence electrons. The van der Waals surface area contributed by atoms with E-state index >= 15 is 0 Å². The number of phenols is 1. The Morgan fingerprint density at radius 2 is 2.13 bits per heavy atom. The topological polar surface area (TPSA) is 109 Å². The summed E-state index contributed by atoms with van der Waals surface area (Å²) in [5, 5.41) is 38.7. The lowest BCUT2D eigenvalue weighted by Crippen LogP contribution is -2.48. The Labute approximate surface area is 174 Å². The number of hydrogen-bond donors (Lipinski definition) is 3. The van der Waals surface area contributed by atoms with E-state index in [0.717, 1.165) is 35.3 Å². The van der Waals surface area contributed by atoms with Gasteiger partial charge in [-0.25, -0.2) is 0 Å². The summed E-state index contributed by atoms with van der Waals surface area (Å²) in [5.74, 6) is 1.55. The van der Waals surface area contributed by atoms with Gasteiger partial charge in [-0.3, -0.25) is 9.58 Å². The zero-order valence-corrected chi connectivity index (χ0v) is 17.2. The average Bonchev–Trinajstić information content (AvgIpc) is 3.36. The van der Waals surface area contributed by atoms with Gasteiger partial charge in [0.15, 0.2) is 5.82 Å². The summed E-state index contributed by atoms with van der Waals surface area (Å²) < 4.78 is 7.30. The molecule has 0 aliphatic carbocycles. The van der Waals surface area contributed by atoms with Gasteiger partial charge in [-0.15, -0.1) is 10.2 Å². The Kier molecular flexibility index (Phi) is 4.71. The van der Waals surface area contributed by atoms with Crippen molar-refractivity contribution in [2.45, 2.75) is 31.9 Å². The summed E-state index contributed by atoms with van der Waals surface area (Å²) in [6.45, 7) is 5.10. The van der Waals surface area contributed by atoms with E-state index < -0.39 is 0 Å². The number of hydrogen-bond acceptors (Lipinski definition) is 8. The average molecular weight is 410 g/mol. The molecule has 0 bridgehead atoms. The van der Waals surface area contributed by atoms with Gasteiger partial charge in [0.2, 0.25) is 0 Å². The van der Waals surface area contributed by atoms with E-state index in [2.05, 4.69) is 32.4 Å². The summed E-state index contributed by atoms with van der Waals surface area (Å²) >= 11 is 0. The molecule has 0 amide bonds. The van der Waals surface area contributed by atoms with Crippen LogP contribution in [0.2, 0.25) is 0 Å². The fraction of sp³-hybridized carbons (Fsp3) is 0.476. The number of nitrogens with zero attached hydrogens (tertiary/aromatic N) is 5. The third kappa shape index (κ3) is 3.14. The Morgan fingerprint density at radius 1 is 1.27 bits per heavy atom. The maximum atomic E-state index is 10.8. The third-order valence-corrected chi connectivity index (χ3v) is 6.06. The van der Waals surface area contributed by atoms with Crippen LogP contribution < -0.4 is 10.1 Å². The van der Waals surface area contributed by atoms with Crippen molar-refractivity contribution < 1.29 is 14.9 Å². The lowest BCUT2D eigenvalue weighted by molar-refractivity contribution is 0.0671. The largest absolute Gasteiger partial charge is 0.507 e. The predicted octanol–water partition coefficient (Wildman–Crippen LogP) is 1.54. The van der Waals surface area contributed by atoms with Crippen molar-refractivity contribution in [3.63, 3.8) is 0 Å². The molecule has 0 spiro atoms. The number of aliphatic hydroxyl groups is 1. The van der Waals surface area contributed by atoms with Crippen LogP contribution in [0.25, 0.3) is 22.2 Å². The van der Waals surface area contributed by atoms with Gasteiger partial charge >= 0.3 is 0 Å². The first kappa shape index (κ1) is 19.1. The fourth-order valence-electron chi connectivity index (χ4n) is 4.55. The van der Waals surface area contributed by atoms with Crippen molar-refractivity contribution in [3.05, 3.63) is 23.9 Å². The van der Waals surface area contributed by atoms with Gasteiger partial charge < -0.3 is 20.3 Å². The molecule has 9 heteroatoms. The number of β-amino-alcohol motifs (C(OH)–C–C–N with tert-alkyl or cyclic N) is 1. The molecule has 2 aliphatic heterocycles. The van der Waals surface area contributed by atoms with E-state index in [1.165, 1.54) is 0 Å². The number of phenolic OH excluding ortho intramolecular Hbond substituents is 1. The molecular formula is C21H26N6O3. The van der Waals surface area contributed by atoms with Crippen LogP contribution >= 0.6 is 0 Å². The Morgan fingerprint density at radius 3 is 2.97 bits per heavy atom. The molecule has 2 atom stereocenters. The molecular weight excluding hydrogens is 384 g/mol.